The van der Waals surface area contributed by atoms with Gasteiger partial charge in [-0.15, -0.1) is 0 Å². The molecule has 0 aromatic heterocycles. The fraction of sp³-hybridized carbons (Fsp3) is 0.611. The molecule has 110 valence electrons. The molecule has 0 saturated heterocycles. The van der Waals surface area contributed by atoms with E-state index in [0.29, 0.717) is 24.0 Å². The molecule has 1 aromatic rings. The first kappa shape index (κ1) is 15.1. The summed E-state index contributed by atoms with van der Waals surface area (Å²) in [5, 5.41) is 0. The second kappa shape index (κ2) is 5.23. The lowest BCUT2D eigenvalue weighted by atomic mass is 9.68. The first-order chi connectivity index (χ1) is 9.25. The van der Waals surface area contributed by atoms with Crippen molar-refractivity contribution in [2.24, 2.45) is 5.41 Å². The minimum atomic E-state index is -0.349. The number of rotatable bonds is 4. The zero-order valence-corrected chi connectivity index (χ0v) is 13.5. The van der Waals surface area contributed by atoms with Crippen LogP contribution in [0.25, 0.3) is 0 Å². The number of hydrogen-bond acceptors (Lipinski definition) is 2. The van der Waals surface area contributed by atoms with Crippen molar-refractivity contribution >= 4 is 5.78 Å². The Hall–Kier alpha value is -1.31. The maximum absolute atomic E-state index is 11.7. The van der Waals surface area contributed by atoms with Crippen LogP contribution >= 0.6 is 0 Å². The first-order valence-electron chi connectivity index (χ1n) is 7.58. The van der Waals surface area contributed by atoms with Crippen LogP contribution in [0.3, 0.4) is 0 Å². The van der Waals surface area contributed by atoms with E-state index in [1.165, 1.54) is 11.1 Å². The summed E-state index contributed by atoms with van der Waals surface area (Å²) >= 11 is 0. The average Bonchev–Trinajstić information content (AvgIpc) is 2.37. The van der Waals surface area contributed by atoms with Crippen LogP contribution in [-0.2, 0) is 4.79 Å². The van der Waals surface area contributed by atoms with Crippen molar-refractivity contribution in [1.82, 2.24) is 0 Å². The van der Waals surface area contributed by atoms with Crippen LogP contribution in [0.15, 0.2) is 18.2 Å². The van der Waals surface area contributed by atoms with Crippen molar-refractivity contribution < 1.29 is 9.53 Å². The first-order valence-corrected chi connectivity index (χ1v) is 7.58. The van der Waals surface area contributed by atoms with Gasteiger partial charge in [0.25, 0.3) is 0 Å². The summed E-state index contributed by atoms with van der Waals surface area (Å²) in [7, 11) is 0. The fourth-order valence-corrected chi connectivity index (χ4v) is 2.69. The topological polar surface area (TPSA) is 26.3 Å². The van der Waals surface area contributed by atoms with Gasteiger partial charge in [-0.3, -0.25) is 4.79 Å². The van der Waals surface area contributed by atoms with E-state index in [0.717, 1.165) is 5.75 Å². The third kappa shape index (κ3) is 2.48. The van der Waals surface area contributed by atoms with Crippen molar-refractivity contribution in [3.63, 3.8) is 0 Å². The minimum absolute atomic E-state index is 0.00685. The Morgan fingerprint density at radius 2 is 1.60 bits per heavy atom. The lowest BCUT2D eigenvalue weighted by Gasteiger charge is -2.43. The van der Waals surface area contributed by atoms with Crippen molar-refractivity contribution in [1.29, 1.82) is 0 Å². The Kier molecular flexibility index (Phi) is 3.95. The lowest BCUT2D eigenvalue weighted by molar-refractivity contribution is -0.148. The molecule has 1 saturated carbocycles. The van der Waals surface area contributed by atoms with Crippen LogP contribution in [0.5, 0.6) is 5.75 Å². The molecular weight excluding hydrogens is 248 g/mol. The normalized spacial score (nSPS) is 21.2. The average molecular weight is 274 g/mol. The van der Waals surface area contributed by atoms with Crippen LogP contribution in [-0.4, -0.2) is 11.9 Å². The van der Waals surface area contributed by atoms with E-state index in [1.54, 1.807) is 0 Å². The van der Waals surface area contributed by atoms with Gasteiger partial charge >= 0.3 is 0 Å². The van der Waals surface area contributed by atoms with Gasteiger partial charge in [0.05, 0.1) is 5.41 Å². The van der Waals surface area contributed by atoms with Gasteiger partial charge in [0, 0.05) is 6.42 Å². The highest BCUT2D eigenvalue weighted by molar-refractivity contribution is 5.91. The van der Waals surface area contributed by atoms with E-state index in [-0.39, 0.29) is 11.5 Å². The van der Waals surface area contributed by atoms with Gasteiger partial charge in [-0.2, -0.15) is 0 Å². The molecule has 1 fully saturated rings. The Bertz CT molecular complexity index is 486. The molecule has 1 aliphatic rings. The van der Waals surface area contributed by atoms with Crippen LogP contribution in [0.2, 0.25) is 0 Å². The van der Waals surface area contributed by atoms with Gasteiger partial charge < -0.3 is 4.74 Å². The molecule has 2 heteroatoms. The van der Waals surface area contributed by atoms with Gasteiger partial charge in [0.1, 0.15) is 17.6 Å². The molecule has 1 aliphatic carbocycles. The third-order valence-corrected chi connectivity index (χ3v) is 4.47. The maximum atomic E-state index is 11.7. The van der Waals surface area contributed by atoms with E-state index in [4.69, 9.17) is 4.74 Å². The number of ketones is 1. The van der Waals surface area contributed by atoms with Crippen molar-refractivity contribution in [2.75, 3.05) is 0 Å². The molecule has 1 aromatic carbocycles. The molecule has 1 atom stereocenters. The number of benzene rings is 1. The summed E-state index contributed by atoms with van der Waals surface area (Å²) in [5.74, 6) is 2.14. The van der Waals surface area contributed by atoms with Gasteiger partial charge in [0.15, 0.2) is 0 Å². The van der Waals surface area contributed by atoms with E-state index >= 15 is 0 Å². The number of para-hydroxylation sites is 1. The quantitative estimate of drug-likeness (QED) is 0.797. The Labute approximate surface area is 122 Å². The zero-order valence-electron chi connectivity index (χ0n) is 13.5. The summed E-state index contributed by atoms with van der Waals surface area (Å²) in [6, 6.07) is 6.38. The van der Waals surface area contributed by atoms with Crippen molar-refractivity contribution in [3.8, 4) is 5.75 Å². The van der Waals surface area contributed by atoms with Crippen LogP contribution in [0.4, 0.5) is 0 Å². The predicted molar refractivity (Wildman–Crippen MR) is 82.4 cm³/mol. The van der Waals surface area contributed by atoms with E-state index in [1.807, 2.05) is 13.8 Å². The molecule has 0 aliphatic heterocycles. The standard InChI is InChI=1S/C18H26O2/c1-11(2)13-8-7-9-14(12(3)4)17(13)20-16-10-15(19)18(16,5)6/h7-9,11-12,16H,10H2,1-6H3. The van der Waals surface area contributed by atoms with Gasteiger partial charge in [0.2, 0.25) is 0 Å². The molecule has 0 N–H and O–H groups in total. The summed E-state index contributed by atoms with van der Waals surface area (Å²) in [6.07, 6.45) is 0.546. The number of Topliss-reactive ketones (excluding diaryl/α,β-unsaturated/α-hetero) is 1. The summed E-state index contributed by atoms with van der Waals surface area (Å²) in [4.78, 5) is 11.7. The Balaban J connectivity index is 2.37. The summed E-state index contributed by atoms with van der Waals surface area (Å²) in [6.45, 7) is 12.7. The fourth-order valence-electron chi connectivity index (χ4n) is 2.69. The Morgan fingerprint density at radius 3 is 1.95 bits per heavy atom. The lowest BCUT2D eigenvalue weighted by Crippen LogP contribution is -2.53. The molecular formula is C18H26O2. The monoisotopic (exact) mass is 274 g/mol. The zero-order chi connectivity index (χ0) is 15.1. The van der Waals surface area contributed by atoms with Crippen molar-refractivity contribution in [3.05, 3.63) is 29.3 Å². The molecule has 1 unspecified atom stereocenters. The third-order valence-electron chi connectivity index (χ3n) is 4.47. The molecule has 0 amide bonds. The SMILES string of the molecule is CC(C)c1cccc(C(C)C)c1OC1CC(=O)C1(C)C. The molecule has 0 radical (unpaired) electrons. The van der Waals surface area contributed by atoms with Gasteiger partial charge in [-0.25, -0.2) is 0 Å². The van der Waals surface area contributed by atoms with Crippen LogP contribution < -0.4 is 4.74 Å². The second-order valence-electron chi connectivity index (χ2n) is 7.03. The highest BCUT2D eigenvalue weighted by Crippen LogP contribution is 2.43. The maximum Gasteiger partial charge on any atom is 0.145 e. The highest BCUT2D eigenvalue weighted by Gasteiger charge is 2.49. The smallest absolute Gasteiger partial charge is 0.145 e. The number of ether oxygens (including phenoxy) is 1. The van der Waals surface area contributed by atoms with Gasteiger partial charge in [-0.1, -0.05) is 45.9 Å². The number of carbonyl (C=O) groups excluding carboxylic acids is 1. The summed E-state index contributed by atoms with van der Waals surface area (Å²) < 4.78 is 6.30. The second-order valence-corrected chi connectivity index (χ2v) is 7.03. The van der Waals surface area contributed by atoms with E-state index in [2.05, 4.69) is 45.9 Å². The van der Waals surface area contributed by atoms with Crippen LogP contribution in [0.1, 0.15) is 70.9 Å². The Morgan fingerprint density at radius 1 is 1.10 bits per heavy atom. The highest BCUT2D eigenvalue weighted by atomic mass is 16.5. The molecule has 2 rings (SSSR count). The van der Waals surface area contributed by atoms with Gasteiger partial charge in [-0.05, 0) is 36.8 Å². The molecule has 0 bridgehead atoms. The minimum Gasteiger partial charge on any atom is -0.488 e. The van der Waals surface area contributed by atoms with E-state index in [9.17, 15) is 4.79 Å². The van der Waals surface area contributed by atoms with Crippen LogP contribution in [0, 0.1) is 5.41 Å². The summed E-state index contributed by atoms with van der Waals surface area (Å²) in [5.41, 5.74) is 2.14. The predicted octanol–water partition coefficient (Wildman–Crippen LogP) is 4.68. The van der Waals surface area contributed by atoms with Crippen molar-refractivity contribution in [2.45, 2.75) is 65.9 Å². The number of carbonyl (C=O) groups is 1. The molecule has 20 heavy (non-hydrogen) atoms. The molecule has 0 heterocycles. The molecule has 0 spiro atoms. The van der Waals surface area contributed by atoms with E-state index < -0.39 is 0 Å². The number of hydrogen-bond donors (Lipinski definition) is 0. The molecule has 2 nitrogen and oxygen atoms in total. The largest absolute Gasteiger partial charge is 0.488 e.